The summed E-state index contributed by atoms with van der Waals surface area (Å²) in [4.78, 5) is 29.1. The number of methoxy groups -OCH3 is 1. The van der Waals surface area contributed by atoms with Crippen molar-refractivity contribution in [1.29, 1.82) is 0 Å². The predicted molar refractivity (Wildman–Crippen MR) is 96.1 cm³/mol. The van der Waals surface area contributed by atoms with Crippen LogP contribution in [0.5, 0.6) is 5.75 Å². The van der Waals surface area contributed by atoms with E-state index in [1.165, 1.54) is 13.2 Å². The zero-order valence-electron chi connectivity index (χ0n) is 15.8. The second kappa shape index (κ2) is 7.25. The van der Waals surface area contributed by atoms with Gasteiger partial charge in [0.05, 0.1) is 12.5 Å². The molecule has 1 spiro atoms. The molecule has 0 bridgehead atoms. The quantitative estimate of drug-likeness (QED) is 0.828. The molecule has 6 heteroatoms. The summed E-state index contributed by atoms with van der Waals surface area (Å²) in [7, 11) is 1.54. The summed E-state index contributed by atoms with van der Waals surface area (Å²) in [5, 5.41) is 0. The molecule has 0 radical (unpaired) electrons. The molecule has 1 atom stereocenters. The Balaban J connectivity index is 1.76. The van der Waals surface area contributed by atoms with E-state index in [1.807, 2.05) is 18.7 Å². The maximum absolute atomic E-state index is 14.2. The molecule has 0 aromatic heterocycles. The largest absolute Gasteiger partial charge is 0.497 e. The highest BCUT2D eigenvalue weighted by Gasteiger charge is 2.49. The van der Waals surface area contributed by atoms with Gasteiger partial charge in [0.25, 0.3) is 0 Å². The lowest BCUT2D eigenvalue weighted by molar-refractivity contribution is -0.147. The predicted octanol–water partition coefficient (Wildman–Crippen LogP) is 2.83. The number of likely N-dealkylation sites (tertiary alicyclic amines) is 2. The van der Waals surface area contributed by atoms with Crippen LogP contribution < -0.4 is 4.74 Å². The van der Waals surface area contributed by atoms with Crippen molar-refractivity contribution >= 4 is 11.8 Å². The van der Waals surface area contributed by atoms with Gasteiger partial charge in [0.1, 0.15) is 11.6 Å². The highest BCUT2D eigenvalue weighted by atomic mass is 19.1. The second-order valence-electron chi connectivity index (χ2n) is 7.73. The van der Waals surface area contributed by atoms with Crippen LogP contribution in [0.4, 0.5) is 4.39 Å². The van der Waals surface area contributed by atoms with Crippen molar-refractivity contribution in [3.63, 3.8) is 0 Å². The van der Waals surface area contributed by atoms with Crippen LogP contribution in [0.2, 0.25) is 0 Å². The van der Waals surface area contributed by atoms with Crippen LogP contribution in [0.1, 0.15) is 38.7 Å². The molecule has 5 nitrogen and oxygen atoms in total. The van der Waals surface area contributed by atoms with E-state index in [2.05, 4.69) is 0 Å². The highest BCUT2D eigenvalue weighted by Crippen LogP contribution is 2.41. The lowest BCUT2D eigenvalue weighted by Crippen LogP contribution is -2.50. The van der Waals surface area contributed by atoms with E-state index in [9.17, 15) is 14.0 Å². The molecule has 3 rings (SSSR count). The lowest BCUT2D eigenvalue weighted by Gasteiger charge is -2.39. The van der Waals surface area contributed by atoms with Crippen LogP contribution in [-0.2, 0) is 16.1 Å². The van der Waals surface area contributed by atoms with Crippen molar-refractivity contribution in [3.8, 4) is 5.75 Å². The number of hydrogen-bond acceptors (Lipinski definition) is 3. The Morgan fingerprint density at radius 3 is 2.77 bits per heavy atom. The highest BCUT2D eigenvalue weighted by molar-refractivity contribution is 5.86. The molecule has 2 heterocycles. The molecule has 2 aliphatic heterocycles. The average Bonchev–Trinajstić information content (AvgIpc) is 3.05. The molecule has 2 aliphatic rings. The number of ether oxygens (including phenoxy) is 1. The molecule has 2 fully saturated rings. The smallest absolute Gasteiger partial charge is 0.230 e. The third-order valence-corrected chi connectivity index (χ3v) is 5.60. The first-order valence-electron chi connectivity index (χ1n) is 9.27. The number of rotatable bonds is 4. The van der Waals surface area contributed by atoms with E-state index in [-0.39, 0.29) is 30.1 Å². The number of benzene rings is 1. The Morgan fingerprint density at radius 1 is 1.31 bits per heavy atom. The summed E-state index contributed by atoms with van der Waals surface area (Å²) in [6, 6.07) is 4.59. The van der Waals surface area contributed by atoms with Crippen molar-refractivity contribution in [1.82, 2.24) is 9.80 Å². The summed E-state index contributed by atoms with van der Waals surface area (Å²) in [6.07, 6.45) is 2.37. The van der Waals surface area contributed by atoms with Crippen LogP contribution in [-0.4, -0.2) is 48.4 Å². The van der Waals surface area contributed by atoms with Crippen molar-refractivity contribution in [2.45, 2.75) is 39.7 Å². The van der Waals surface area contributed by atoms with Gasteiger partial charge in [0.15, 0.2) is 0 Å². The molecular formula is C20H27FN2O3. The van der Waals surface area contributed by atoms with E-state index in [0.717, 1.165) is 12.8 Å². The summed E-state index contributed by atoms with van der Waals surface area (Å²) in [5.41, 5.74) is -0.0409. The number of hydrogen-bond donors (Lipinski definition) is 0. The van der Waals surface area contributed by atoms with Gasteiger partial charge in [-0.1, -0.05) is 13.8 Å². The first-order chi connectivity index (χ1) is 12.4. The summed E-state index contributed by atoms with van der Waals surface area (Å²) in [5.74, 6) is 0.331. The van der Waals surface area contributed by atoms with Gasteiger partial charge in [-0.15, -0.1) is 0 Å². The van der Waals surface area contributed by atoms with Gasteiger partial charge in [0.2, 0.25) is 11.8 Å². The van der Waals surface area contributed by atoms with E-state index < -0.39 is 5.41 Å². The topological polar surface area (TPSA) is 49.9 Å². The van der Waals surface area contributed by atoms with Crippen LogP contribution in [0.3, 0.4) is 0 Å². The van der Waals surface area contributed by atoms with Crippen LogP contribution in [0.25, 0.3) is 0 Å². The molecular weight excluding hydrogens is 335 g/mol. The first-order valence-corrected chi connectivity index (χ1v) is 9.27. The fraction of sp³-hybridized carbons (Fsp3) is 0.600. The fourth-order valence-electron chi connectivity index (χ4n) is 4.11. The van der Waals surface area contributed by atoms with Crippen LogP contribution >= 0.6 is 0 Å². The maximum atomic E-state index is 14.2. The van der Waals surface area contributed by atoms with Gasteiger partial charge in [-0.05, 0) is 37.5 Å². The van der Waals surface area contributed by atoms with Gasteiger partial charge >= 0.3 is 0 Å². The average molecular weight is 362 g/mol. The Labute approximate surface area is 154 Å². The van der Waals surface area contributed by atoms with E-state index >= 15 is 0 Å². The number of piperidine rings is 1. The number of carbonyl (C=O) groups excluding carboxylic acids is 2. The van der Waals surface area contributed by atoms with E-state index in [0.29, 0.717) is 37.4 Å². The number of amides is 2. The first kappa shape index (κ1) is 18.7. The molecule has 2 amide bonds. The zero-order chi connectivity index (χ0) is 18.9. The third-order valence-electron chi connectivity index (χ3n) is 5.60. The zero-order valence-corrected chi connectivity index (χ0v) is 15.8. The Hall–Kier alpha value is -2.11. The van der Waals surface area contributed by atoms with E-state index in [4.69, 9.17) is 4.74 Å². The minimum absolute atomic E-state index is 0.0463. The van der Waals surface area contributed by atoms with Gasteiger partial charge < -0.3 is 14.5 Å². The third kappa shape index (κ3) is 3.41. The Morgan fingerprint density at radius 2 is 2.08 bits per heavy atom. The minimum Gasteiger partial charge on any atom is -0.497 e. The maximum Gasteiger partial charge on any atom is 0.230 e. The summed E-state index contributed by atoms with van der Waals surface area (Å²) in [6.45, 7) is 5.74. The molecule has 0 saturated carbocycles. The molecule has 26 heavy (non-hydrogen) atoms. The Bertz CT molecular complexity index is 706. The number of halogens is 1. The minimum atomic E-state index is -0.502. The normalized spacial score (nSPS) is 23.2. The van der Waals surface area contributed by atoms with Crippen molar-refractivity contribution in [3.05, 3.63) is 29.6 Å². The van der Waals surface area contributed by atoms with Crippen LogP contribution in [0.15, 0.2) is 18.2 Å². The fourth-order valence-corrected chi connectivity index (χ4v) is 4.11. The van der Waals surface area contributed by atoms with Gasteiger partial charge in [-0.25, -0.2) is 4.39 Å². The lowest BCUT2D eigenvalue weighted by atomic mass is 9.78. The van der Waals surface area contributed by atoms with Crippen LogP contribution in [0, 0.1) is 17.2 Å². The standard InChI is InChI=1S/C20H27FN2O3/c1-14(2)18(24)23-10-8-20(13-23)7-4-9-22(19(20)25)12-15-11-16(26-3)5-6-17(15)21/h5-6,11,14H,4,7-10,12-13H2,1-3H3/t20-/m0/s1. The molecule has 142 valence electrons. The van der Waals surface area contributed by atoms with Crippen molar-refractivity contribution in [2.24, 2.45) is 11.3 Å². The Kier molecular flexibility index (Phi) is 5.21. The van der Waals surface area contributed by atoms with Crippen molar-refractivity contribution < 1.29 is 18.7 Å². The molecule has 2 saturated heterocycles. The molecule has 1 aromatic rings. The molecule has 1 aromatic carbocycles. The second-order valence-corrected chi connectivity index (χ2v) is 7.73. The van der Waals surface area contributed by atoms with Gasteiger partial charge in [0, 0.05) is 37.7 Å². The molecule has 0 unspecified atom stereocenters. The van der Waals surface area contributed by atoms with Crippen molar-refractivity contribution in [2.75, 3.05) is 26.7 Å². The summed E-state index contributed by atoms with van der Waals surface area (Å²) >= 11 is 0. The molecule has 0 N–H and O–H groups in total. The SMILES string of the molecule is COc1ccc(F)c(CN2CCC[C@@]3(CCN(C(=O)C(C)C)C3)C2=O)c1. The monoisotopic (exact) mass is 362 g/mol. The van der Waals surface area contributed by atoms with E-state index in [1.54, 1.807) is 17.0 Å². The van der Waals surface area contributed by atoms with Gasteiger partial charge in [-0.2, -0.15) is 0 Å². The number of nitrogens with zero attached hydrogens (tertiary/aromatic N) is 2. The van der Waals surface area contributed by atoms with Gasteiger partial charge in [-0.3, -0.25) is 9.59 Å². The number of carbonyl (C=O) groups is 2. The molecule has 0 aliphatic carbocycles. The summed E-state index contributed by atoms with van der Waals surface area (Å²) < 4.78 is 19.3.